The molecule has 0 saturated carbocycles. The molecule has 0 saturated heterocycles. The van der Waals surface area contributed by atoms with Gasteiger partial charge in [0.2, 0.25) is 0 Å². The van der Waals surface area contributed by atoms with Crippen molar-refractivity contribution >= 4 is 11.3 Å². The van der Waals surface area contributed by atoms with Gasteiger partial charge >= 0.3 is 0 Å². The van der Waals surface area contributed by atoms with Crippen LogP contribution in [0.2, 0.25) is 0 Å². The SMILES string of the molecule is CNC(c1cccnc1)c1cc2c(s1)CCC2. The van der Waals surface area contributed by atoms with Gasteiger partial charge in [-0.3, -0.25) is 4.98 Å². The van der Waals surface area contributed by atoms with Gasteiger partial charge in [-0.2, -0.15) is 0 Å². The van der Waals surface area contributed by atoms with Crippen molar-refractivity contribution in [3.8, 4) is 0 Å². The van der Waals surface area contributed by atoms with Crippen LogP contribution in [0.3, 0.4) is 0 Å². The second kappa shape index (κ2) is 4.59. The summed E-state index contributed by atoms with van der Waals surface area (Å²) in [5.41, 5.74) is 2.81. The standard InChI is InChI=1S/C14H16N2S/c1-15-14(11-5-3-7-16-9-11)13-8-10-4-2-6-12(10)17-13/h3,5,7-9,14-15H,2,4,6H2,1H3. The van der Waals surface area contributed by atoms with Gasteiger partial charge in [-0.25, -0.2) is 0 Å². The highest BCUT2D eigenvalue weighted by atomic mass is 32.1. The summed E-state index contributed by atoms with van der Waals surface area (Å²) in [7, 11) is 2.02. The lowest BCUT2D eigenvalue weighted by molar-refractivity contribution is 0.700. The molecule has 1 aliphatic carbocycles. The fourth-order valence-corrected chi connectivity index (χ4v) is 3.91. The van der Waals surface area contributed by atoms with Crippen molar-refractivity contribution in [3.05, 3.63) is 51.5 Å². The van der Waals surface area contributed by atoms with Gasteiger partial charge in [0.15, 0.2) is 0 Å². The highest BCUT2D eigenvalue weighted by Crippen LogP contribution is 2.35. The zero-order valence-electron chi connectivity index (χ0n) is 9.94. The average Bonchev–Trinajstić information content (AvgIpc) is 2.92. The number of thiophene rings is 1. The van der Waals surface area contributed by atoms with E-state index in [1.54, 1.807) is 10.4 Å². The number of nitrogens with one attached hydrogen (secondary N) is 1. The van der Waals surface area contributed by atoms with Crippen LogP contribution in [0.15, 0.2) is 30.6 Å². The van der Waals surface area contributed by atoms with Crippen LogP contribution in [0.4, 0.5) is 0 Å². The summed E-state index contributed by atoms with van der Waals surface area (Å²) < 4.78 is 0. The van der Waals surface area contributed by atoms with Gasteiger partial charge in [-0.1, -0.05) is 6.07 Å². The molecule has 2 heterocycles. The summed E-state index contributed by atoms with van der Waals surface area (Å²) in [5, 5.41) is 3.39. The quantitative estimate of drug-likeness (QED) is 0.898. The molecule has 0 fully saturated rings. The van der Waals surface area contributed by atoms with Gasteiger partial charge in [0.1, 0.15) is 0 Å². The molecule has 0 spiro atoms. The fraction of sp³-hybridized carbons (Fsp3) is 0.357. The Morgan fingerprint density at radius 2 is 2.35 bits per heavy atom. The molecule has 0 aromatic carbocycles. The van der Waals surface area contributed by atoms with E-state index in [2.05, 4.69) is 22.4 Å². The molecule has 88 valence electrons. The third-order valence-electron chi connectivity index (χ3n) is 3.36. The van der Waals surface area contributed by atoms with Crippen molar-refractivity contribution < 1.29 is 0 Å². The number of hydrogen-bond acceptors (Lipinski definition) is 3. The number of fused-ring (bicyclic) bond motifs is 1. The molecule has 1 aliphatic rings. The molecule has 3 heteroatoms. The molecule has 3 rings (SSSR count). The first-order chi connectivity index (χ1) is 8.38. The predicted molar refractivity (Wildman–Crippen MR) is 71.5 cm³/mol. The smallest absolute Gasteiger partial charge is 0.0683 e. The first kappa shape index (κ1) is 10.9. The van der Waals surface area contributed by atoms with Gasteiger partial charge in [0.05, 0.1) is 6.04 Å². The monoisotopic (exact) mass is 244 g/mol. The van der Waals surface area contributed by atoms with Gasteiger partial charge in [-0.05, 0) is 49.6 Å². The van der Waals surface area contributed by atoms with Crippen molar-refractivity contribution in [2.45, 2.75) is 25.3 Å². The van der Waals surface area contributed by atoms with Crippen LogP contribution in [-0.4, -0.2) is 12.0 Å². The van der Waals surface area contributed by atoms with Gasteiger partial charge in [-0.15, -0.1) is 11.3 Å². The van der Waals surface area contributed by atoms with E-state index in [9.17, 15) is 0 Å². The fourth-order valence-electron chi connectivity index (χ4n) is 2.51. The van der Waals surface area contributed by atoms with Crippen LogP contribution in [0.5, 0.6) is 0 Å². The first-order valence-electron chi connectivity index (χ1n) is 6.07. The normalized spacial score (nSPS) is 15.8. The molecule has 1 N–H and O–H groups in total. The maximum atomic E-state index is 4.21. The lowest BCUT2D eigenvalue weighted by atomic mass is 10.1. The topological polar surface area (TPSA) is 24.9 Å². The van der Waals surface area contributed by atoms with Gasteiger partial charge in [0, 0.05) is 22.1 Å². The van der Waals surface area contributed by atoms with Crippen molar-refractivity contribution in [1.29, 1.82) is 0 Å². The molecule has 1 atom stereocenters. The Labute approximate surface area is 106 Å². The summed E-state index contributed by atoms with van der Waals surface area (Å²) in [4.78, 5) is 7.22. The summed E-state index contributed by atoms with van der Waals surface area (Å²) in [6.45, 7) is 0. The maximum Gasteiger partial charge on any atom is 0.0683 e. The molecule has 0 bridgehead atoms. The minimum Gasteiger partial charge on any atom is -0.309 e. The van der Waals surface area contributed by atoms with Crippen LogP contribution in [-0.2, 0) is 12.8 Å². The molecule has 2 nitrogen and oxygen atoms in total. The Kier molecular flexibility index (Phi) is 2.95. The molecule has 2 aromatic heterocycles. The molecular weight excluding hydrogens is 228 g/mol. The number of aryl methyl sites for hydroxylation is 2. The molecular formula is C14H16N2S. The number of nitrogens with zero attached hydrogens (tertiary/aromatic N) is 1. The zero-order chi connectivity index (χ0) is 11.7. The molecule has 17 heavy (non-hydrogen) atoms. The molecule has 1 unspecified atom stereocenters. The van der Waals surface area contributed by atoms with Crippen molar-refractivity contribution in [3.63, 3.8) is 0 Å². The Morgan fingerprint density at radius 3 is 3.06 bits per heavy atom. The molecule has 0 amide bonds. The van der Waals surface area contributed by atoms with Crippen molar-refractivity contribution in [2.75, 3.05) is 7.05 Å². The predicted octanol–water partition coefficient (Wildman–Crippen LogP) is 2.94. The summed E-state index contributed by atoms with van der Waals surface area (Å²) in [5.74, 6) is 0. The second-order valence-corrected chi connectivity index (χ2v) is 5.63. The van der Waals surface area contributed by atoms with E-state index in [0.717, 1.165) is 0 Å². The van der Waals surface area contributed by atoms with Gasteiger partial charge < -0.3 is 5.32 Å². The maximum absolute atomic E-state index is 4.21. The zero-order valence-corrected chi connectivity index (χ0v) is 10.8. The molecule has 0 aliphatic heterocycles. The number of rotatable bonds is 3. The third-order valence-corrected chi connectivity index (χ3v) is 4.66. The Hall–Kier alpha value is -1.19. The number of aromatic nitrogens is 1. The van der Waals surface area contributed by atoms with E-state index in [-0.39, 0.29) is 0 Å². The second-order valence-electron chi connectivity index (χ2n) is 4.46. The highest BCUT2D eigenvalue weighted by Gasteiger charge is 2.20. The van der Waals surface area contributed by atoms with E-state index in [4.69, 9.17) is 0 Å². The van der Waals surface area contributed by atoms with E-state index in [1.165, 1.54) is 29.7 Å². The van der Waals surface area contributed by atoms with Crippen molar-refractivity contribution in [1.82, 2.24) is 10.3 Å². The largest absolute Gasteiger partial charge is 0.309 e. The van der Waals surface area contributed by atoms with Crippen LogP contribution < -0.4 is 5.32 Å². The average molecular weight is 244 g/mol. The summed E-state index contributed by atoms with van der Waals surface area (Å²) >= 11 is 1.96. The van der Waals surface area contributed by atoms with Crippen LogP contribution in [0.1, 0.15) is 33.3 Å². The van der Waals surface area contributed by atoms with E-state index < -0.39 is 0 Å². The van der Waals surface area contributed by atoms with Crippen molar-refractivity contribution in [2.24, 2.45) is 0 Å². The Balaban J connectivity index is 1.95. The van der Waals surface area contributed by atoms with E-state index in [1.807, 2.05) is 36.8 Å². The minimum absolute atomic E-state index is 0.291. The van der Waals surface area contributed by atoms with Crippen LogP contribution >= 0.6 is 11.3 Å². The minimum atomic E-state index is 0.291. The first-order valence-corrected chi connectivity index (χ1v) is 6.89. The third kappa shape index (κ3) is 2.01. The summed E-state index contributed by atoms with van der Waals surface area (Å²) in [6.07, 6.45) is 7.63. The lowest BCUT2D eigenvalue weighted by Crippen LogP contribution is -2.16. The highest BCUT2D eigenvalue weighted by molar-refractivity contribution is 7.12. The van der Waals surface area contributed by atoms with Gasteiger partial charge in [0.25, 0.3) is 0 Å². The van der Waals surface area contributed by atoms with Crippen LogP contribution in [0.25, 0.3) is 0 Å². The Bertz CT molecular complexity index is 483. The molecule has 0 radical (unpaired) electrons. The van der Waals surface area contributed by atoms with E-state index >= 15 is 0 Å². The number of hydrogen-bond donors (Lipinski definition) is 1. The van der Waals surface area contributed by atoms with E-state index in [0.29, 0.717) is 6.04 Å². The molecule has 2 aromatic rings. The lowest BCUT2D eigenvalue weighted by Gasteiger charge is -2.14. The number of pyridine rings is 1. The van der Waals surface area contributed by atoms with Crippen LogP contribution in [0, 0.1) is 0 Å². The summed E-state index contributed by atoms with van der Waals surface area (Å²) in [6, 6.07) is 6.81. The Morgan fingerprint density at radius 1 is 1.41 bits per heavy atom.